The summed E-state index contributed by atoms with van der Waals surface area (Å²) in [5.41, 5.74) is 7.38. The van der Waals surface area contributed by atoms with Crippen LogP contribution in [0.1, 0.15) is 35.3 Å². The summed E-state index contributed by atoms with van der Waals surface area (Å²) in [5, 5.41) is 13.2. The van der Waals surface area contributed by atoms with E-state index in [-0.39, 0.29) is 11.8 Å². The zero-order valence-electron chi connectivity index (χ0n) is 11.6. The monoisotopic (exact) mass is 304 g/mol. The minimum Gasteiger partial charge on any atom is -0.508 e. The number of rotatable bonds is 5. The Morgan fingerprint density at radius 3 is 2.52 bits per heavy atom. The van der Waals surface area contributed by atoms with E-state index < -0.39 is 5.91 Å². The molecule has 0 aliphatic rings. The van der Waals surface area contributed by atoms with Crippen LogP contribution in [0.4, 0.5) is 5.69 Å². The summed E-state index contributed by atoms with van der Waals surface area (Å²) < 4.78 is 0. The summed E-state index contributed by atoms with van der Waals surface area (Å²) in [6.45, 7) is 2.04. The van der Waals surface area contributed by atoms with Crippen molar-refractivity contribution in [3.05, 3.63) is 58.6 Å². The molecule has 4 N–H and O–H groups in total. The quantitative estimate of drug-likeness (QED) is 0.788. The molecule has 5 heteroatoms. The van der Waals surface area contributed by atoms with E-state index in [9.17, 15) is 9.90 Å². The molecule has 1 unspecified atom stereocenters. The number of halogens is 1. The molecular formula is C16H17ClN2O2. The van der Waals surface area contributed by atoms with Crippen molar-refractivity contribution in [2.75, 3.05) is 5.32 Å². The molecule has 4 nitrogen and oxygen atoms in total. The number of primary amides is 1. The molecule has 2 rings (SSSR count). The van der Waals surface area contributed by atoms with Crippen molar-refractivity contribution in [1.29, 1.82) is 0 Å². The lowest BCUT2D eigenvalue weighted by molar-refractivity contribution is 0.100. The molecule has 0 saturated heterocycles. The van der Waals surface area contributed by atoms with Crippen molar-refractivity contribution >= 4 is 23.2 Å². The average Bonchev–Trinajstić information content (AvgIpc) is 2.47. The smallest absolute Gasteiger partial charge is 0.248 e. The Hall–Kier alpha value is -2.20. The van der Waals surface area contributed by atoms with Crippen LogP contribution < -0.4 is 11.1 Å². The van der Waals surface area contributed by atoms with Crippen LogP contribution in [0, 0.1) is 0 Å². The third-order valence-corrected chi connectivity index (χ3v) is 3.61. The zero-order chi connectivity index (χ0) is 15.4. The van der Waals surface area contributed by atoms with E-state index in [1.807, 2.05) is 19.1 Å². The topological polar surface area (TPSA) is 75.3 Å². The van der Waals surface area contributed by atoms with Crippen LogP contribution in [0.15, 0.2) is 42.5 Å². The van der Waals surface area contributed by atoms with E-state index in [1.165, 1.54) is 0 Å². The SMILES string of the molecule is CCC(Nc1cc(C(N)=O)ccc1Cl)c1ccc(O)cc1. The minimum absolute atomic E-state index is 0.0197. The number of anilines is 1. The number of carbonyl (C=O) groups excluding carboxylic acids is 1. The lowest BCUT2D eigenvalue weighted by Gasteiger charge is -2.20. The van der Waals surface area contributed by atoms with Crippen LogP contribution in [0.25, 0.3) is 0 Å². The normalized spacial score (nSPS) is 11.9. The zero-order valence-corrected chi connectivity index (χ0v) is 12.4. The fourth-order valence-corrected chi connectivity index (χ4v) is 2.28. The molecular weight excluding hydrogens is 288 g/mol. The van der Waals surface area contributed by atoms with Gasteiger partial charge in [0.05, 0.1) is 16.8 Å². The van der Waals surface area contributed by atoms with Crippen LogP contribution in [-0.2, 0) is 0 Å². The van der Waals surface area contributed by atoms with Crippen LogP contribution in [0.2, 0.25) is 5.02 Å². The van der Waals surface area contributed by atoms with Gasteiger partial charge < -0.3 is 16.2 Å². The Morgan fingerprint density at radius 2 is 1.95 bits per heavy atom. The molecule has 2 aromatic rings. The van der Waals surface area contributed by atoms with Gasteiger partial charge in [-0.15, -0.1) is 0 Å². The second-order valence-corrected chi connectivity index (χ2v) is 5.16. The molecule has 21 heavy (non-hydrogen) atoms. The first-order chi connectivity index (χ1) is 10.0. The van der Waals surface area contributed by atoms with Crippen molar-refractivity contribution < 1.29 is 9.90 Å². The number of aromatic hydroxyl groups is 1. The summed E-state index contributed by atoms with van der Waals surface area (Å²) in [4.78, 5) is 11.3. The molecule has 1 amide bonds. The molecule has 0 heterocycles. The van der Waals surface area contributed by atoms with Crippen LogP contribution in [0.3, 0.4) is 0 Å². The van der Waals surface area contributed by atoms with E-state index in [4.69, 9.17) is 17.3 Å². The van der Waals surface area contributed by atoms with Gasteiger partial charge in [-0.1, -0.05) is 30.7 Å². The number of phenols is 1. The van der Waals surface area contributed by atoms with Gasteiger partial charge in [0.1, 0.15) is 5.75 Å². The van der Waals surface area contributed by atoms with Gasteiger partial charge in [-0.25, -0.2) is 0 Å². The third-order valence-electron chi connectivity index (χ3n) is 3.28. The summed E-state index contributed by atoms with van der Waals surface area (Å²) in [6, 6.07) is 11.9. The predicted molar refractivity (Wildman–Crippen MR) is 84.7 cm³/mol. The number of carbonyl (C=O) groups is 1. The van der Waals surface area contributed by atoms with Crippen LogP contribution >= 0.6 is 11.6 Å². The Kier molecular flexibility index (Phi) is 4.70. The highest BCUT2D eigenvalue weighted by Crippen LogP contribution is 2.29. The van der Waals surface area contributed by atoms with Gasteiger partial charge >= 0.3 is 0 Å². The molecule has 0 bridgehead atoms. The molecule has 0 aliphatic heterocycles. The standard InChI is InChI=1S/C16H17ClN2O2/c1-2-14(10-3-6-12(20)7-4-10)19-15-9-11(16(18)21)5-8-13(15)17/h3-9,14,19-20H,2H2,1H3,(H2,18,21). The van der Waals surface area contributed by atoms with Gasteiger partial charge in [0.25, 0.3) is 0 Å². The molecule has 0 aromatic heterocycles. The number of benzene rings is 2. The maximum Gasteiger partial charge on any atom is 0.248 e. The predicted octanol–water partition coefficient (Wildman–Crippen LogP) is 3.71. The molecule has 0 aliphatic carbocycles. The van der Waals surface area contributed by atoms with E-state index in [0.29, 0.717) is 16.3 Å². The molecule has 110 valence electrons. The van der Waals surface area contributed by atoms with Gasteiger partial charge in [-0.2, -0.15) is 0 Å². The Balaban J connectivity index is 2.28. The number of hydrogen-bond donors (Lipinski definition) is 3. The third kappa shape index (κ3) is 3.67. The summed E-state index contributed by atoms with van der Waals surface area (Å²) in [5.74, 6) is -0.269. The van der Waals surface area contributed by atoms with Crippen LogP contribution in [-0.4, -0.2) is 11.0 Å². The van der Waals surface area contributed by atoms with Crippen LogP contribution in [0.5, 0.6) is 5.75 Å². The molecule has 0 fully saturated rings. The summed E-state index contributed by atoms with van der Waals surface area (Å²) in [6.07, 6.45) is 0.821. The second kappa shape index (κ2) is 6.50. The lowest BCUT2D eigenvalue weighted by Crippen LogP contribution is -2.13. The van der Waals surface area contributed by atoms with Crippen molar-refractivity contribution in [2.24, 2.45) is 5.73 Å². The molecule has 0 radical (unpaired) electrons. The Morgan fingerprint density at radius 1 is 1.29 bits per heavy atom. The van der Waals surface area contributed by atoms with E-state index in [2.05, 4.69) is 5.32 Å². The van der Waals surface area contributed by atoms with E-state index >= 15 is 0 Å². The highest BCUT2D eigenvalue weighted by molar-refractivity contribution is 6.33. The number of nitrogens with two attached hydrogens (primary N) is 1. The highest BCUT2D eigenvalue weighted by atomic mass is 35.5. The van der Waals surface area contributed by atoms with Crippen molar-refractivity contribution in [1.82, 2.24) is 0 Å². The average molecular weight is 305 g/mol. The van der Waals surface area contributed by atoms with Gasteiger partial charge in [0, 0.05) is 5.56 Å². The number of amides is 1. The first kappa shape index (κ1) is 15.2. The molecule has 1 atom stereocenters. The number of nitrogens with one attached hydrogen (secondary N) is 1. The molecule has 2 aromatic carbocycles. The van der Waals surface area contributed by atoms with Gasteiger partial charge in [0.15, 0.2) is 0 Å². The first-order valence-corrected chi connectivity index (χ1v) is 7.04. The van der Waals surface area contributed by atoms with Crippen molar-refractivity contribution in [3.63, 3.8) is 0 Å². The van der Waals surface area contributed by atoms with Gasteiger partial charge in [-0.05, 0) is 42.3 Å². The first-order valence-electron chi connectivity index (χ1n) is 6.66. The number of phenolic OH excluding ortho intramolecular Hbond substituents is 1. The summed E-state index contributed by atoms with van der Waals surface area (Å²) in [7, 11) is 0. The second-order valence-electron chi connectivity index (χ2n) is 4.76. The van der Waals surface area contributed by atoms with Crippen molar-refractivity contribution in [3.8, 4) is 5.75 Å². The number of hydrogen-bond acceptors (Lipinski definition) is 3. The largest absolute Gasteiger partial charge is 0.508 e. The summed E-state index contributed by atoms with van der Waals surface area (Å²) >= 11 is 6.16. The van der Waals surface area contributed by atoms with Crippen molar-refractivity contribution in [2.45, 2.75) is 19.4 Å². The van der Waals surface area contributed by atoms with Gasteiger partial charge in [-0.3, -0.25) is 4.79 Å². The Bertz CT molecular complexity index is 641. The van der Waals surface area contributed by atoms with E-state index in [0.717, 1.165) is 12.0 Å². The Labute approximate surface area is 128 Å². The van der Waals surface area contributed by atoms with Gasteiger partial charge in [0.2, 0.25) is 5.91 Å². The highest BCUT2D eigenvalue weighted by Gasteiger charge is 2.12. The van der Waals surface area contributed by atoms with E-state index in [1.54, 1.807) is 30.3 Å². The maximum absolute atomic E-state index is 11.3. The molecule has 0 spiro atoms. The molecule has 0 saturated carbocycles. The lowest BCUT2D eigenvalue weighted by atomic mass is 10.0. The fraction of sp³-hybridized carbons (Fsp3) is 0.188. The minimum atomic E-state index is -0.493. The fourth-order valence-electron chi connectivity index (χ4n) is 2.10. The maximum atomic E-state index is 11.3.